The summed E-state index contributed by atoms with van der Waals surface area (Å²) in [6.07, 6.45) is 0. The zero-order chi connectivity index (χ0) is 20.5. The molecule has 0 radical (unpaired) electrons. The standard InChI is InChI=1S/C28H15ClS2/c29-17-10-12-26-23(14-17)28-20-7-2-1-5-18(20)21(15-27(28)31-26)16-9-11-25-22(13-16)19-6-3-4-8-24(19)30-25/h1-15H. The average molecular weight is 451 g/mol. The van der Waals surface area contributed by atoms with Crippen LogP contribution in [0.25, 0.3) is 62.2 Å². The lowest BCUT2D eigenvalue weighted by Gasteiger charge is -2.10. The molecule has 7 rings (SSSR count). The Kier molecular flexibility index (Phi) is 3.74. The van der Waals surface area contributed by atoms with Gasteiger partial charge in [0.15, 0.2) is 0 Å². The van der Waals surface area contributed by atoms with Crippen LogP contribution in [0.4, 0.5) is 0 Å². The Morgan fingerprint density at radius 3 is 2.06 bits per heavy atom. The Morgan fingerprint density at radius 2 is 1.16 bits per heavy atom. The molecule has 146 valence electrons. The summed E-state index contributed by atoms with van der Waals surface area (Å²) in [5.74, 6) is 0. The highest BCUT2D eigenvalue weighted by atomic mass is 35.5. The summed E-state index contributed by atoms with van der Waals surface area (Å²) in [5, 5.41) is 8.59. The number of hydrogen-bond acceptors (Lipinski definition) is 2. The molecular formula is C28H15ClS2. The van der Waals surface area contributed by atoms with Gasteiger partial charge in [0.05, 0.1) is 0 Å². The second-order valence-electron chi connectivity index (χ2n) is 7.89. The van der Waals surface area contributed by atoms with E-state index < -0.39 is 0 Å². The first-order valence-electron chi connectivity index (χ1n) is 10.2. The van der Waals surface area contributed by atoms with E-state index >= 15 is 0 Å². The van der Waals surface area contributed by atoms with Crippen molar-refractivity contribution < 1.29 is 0 Å². The molecule has 5 aromatic carbocycles. The fourth-order valence-electron chi connectivity index (χ4n) is 4.75. The van der Waals surface area contributed by atoms with E-state index in [2.05, 4.69) is 84.9 Å². The molecule has 0 nitrogen and oxygen atoms in total. The van der Waals surface area contributed by atoms with Crippen LogP contribution in [0.5, 0.6) is 0 Å². The second-order valence-corrected chi connectivity index (χ2v) is 10.5. The molecule has 0 aliphatic rings. The first kappa shape index (κ1) is 17.7. The van der Waals surface area contributed by atoms with Gasteiger partial charge in [0.2, 0.25) is 0 Å². The second kappa shape index (κ2) is 6.54. The Morgan fingerprint density at radius 1 is 0.484 bits per heavy atom. The minimum absolute atomic E-state index is 0.787. The molecule has 0 saturated carbocycles. The summed E-state index contributed by atoms with van der Waals surface area (Å²) in [5.41, 5.74) is 2.56. The van der Waals surface area contributed by atoms with Crippen molar-refractivity contribution in [2.75, 3.05) is 0 Å². The largest absolute Gasteiger partial charge is 0.135 e. The third-order valence-electron chi connectivity index (χ3n) is 6.13. The Hall–Kier alpha value is -2.91. The van der Waals surface area contributed by atoms with Gasteiger partial charge in [0, 0.05) is 45.4 Å². The molecule has 2 heterocycles. The van der Waals surface area contributed by atoms with Crippen molar-refractivity contribution in [1.29, 1.82) is 0 Å². The highest BCUT2D eigenvalue weighted by Crippen LogP contribution is 2.44. The maximum absolute atomic E-state index is 6.35. The van der Waals surface area contributed by atoms with Crippen LogP contribution in [0.15, 0.2) is 91.0 Å². The highest BCUT2D eigenvalue weighted by Gasteiger charge is 2.15. The Labute approximate surface area is 191 Å². The molecule has 0 saturated heterocycles. The van der Waals surface area contributed by atoms with E-state index in [4.69, 9.17) is 11.6 Å². The highest BCUT2D eigenvalue weighted by molar-refractivity contribution is 7.26. The van der Waals surface area contributed by atoms with Gasteiger partial charge in [-0.05, 0) is 64.4 Å². The van der Waals surface area contributed by atoms with Gasteiger partial charge in [0.25, 0.3) is 0 Å². The van der Waals surface area contributed by atoms with Gasteiger partial charge in [-0.3, -0.25) is 0 Å². The van der Waals surface area contributed by atoms with Crippen molar-refractivity contribution in [2.24, 2.45) is 0 Å². The van der Waals surface area contributed by atoms with Crippen LogP contribution in [0.1, 0.15) is 0 Å². The summed E-state index contributed by atoms with van der Waals surface area (Å²) < 4.78 is 5.27. The van der Waals surface area contributed by atoms with Crippen LogP contribution in [0, 0.1) is 0 Å². The van der Waals surface area contributed by atoms with E-state index in [1.54, 1.807) is 0 Å². The van der Waals surface area contributed by atoms with Crippen LogP contribution in [-0.2, 0) is 0 Å². The summed E-state index contributed by atoms with van der Waals surface area (Å²) in [6.45, 7) is 0. The number of rotatable bonds is 1. The first-order chi connectivity index (χ1) is 15.3. The number of thiophene rings is 2. The van der Waals surface area contributed by atoms with Crippen LogP contribution >= 0.6 is 34.3 Å². The topological polar surface area (TPSA) is 0 Å². The molecule has 0 N–H and O–H groups in total. The molecule has 3 heteroatoms. The smallest absolute Gasteiger partial charge is 0.0413 e. The minimum atomic E-state index is 0.787. The SMILES string of the molecule is Clc1ccc2sc3cc(-c4ccc5sc6ccccc6c5c4)c4ccccc4c3c2c1. The summed E-state index contributed by atoms with van der Waals surface area (Å²) in [6, 6.07) is 33.0. The van der Waals surface area contributed by atoms with E-state index in [-0.39, 0.29) is 0 Å². The normalized spacial score (nSPS) is 12.0. The maximum atomic E-state index is 6.35. The van der Waals surface area contributed by atoms with E-state index in [9.17, 15) is 0 Å². The quantitative estimate of drug-likeness (QED) is 0.233. The van der Waals surface area contributed by atoms with Gasteiger partial charge >= 0.3 is 0 Å². The lowest BCUT2D eigenvalue weighted by atomic mass is 9.94. The lowest BCUT2D eigenvalue weighted by molar-refractivity contribution is 1.74. The van der Waals surface area contributed by atoms with E-state index in [1.165, 1.54) is 62.2 Å². The zero-order valence-corrected chi connectivity index (χ0v) is 18.7. The van der Waals surface area contributed by atoms with Gasteiger partial charge in [0.1, 0.15) is 0 Å². The fourth-order valence-corrected chi connectivity index (χ4v) is 7.15. The molecule has 2 aromatic heterocycles. The number of halogens is 1. The van der Waals surface area contributed by atoms with E-state index in [0.29, 0.717) is 0 Å². The molecule has 31 heavy (non-hydrogen) atoms. The van der Waals surface area contributed by atoms with Gasteiger partial charge in [-0.1, -0.05) is 60.1 Å². The molecular weight excluding hydrogens is 436 g/mol. The fraction of sp³-hybridized carbons (Fsp3) is 0. The predicted octanol–water partition coefficient (Wildman–Crippen LogP) is 9.90. The summed E-state index contributed by atoms with van der Waals surface area (Å²) in [7, 11) is 0. The van der Waals surface area contributed by atoms with Crippen molar-refractivity contribution in [3.05, 3.63) is 96.0 Å². The Balaban J connectivity index is 1.60. The third kappa shape index (κ3) is 2.59. The molecule has 0 spiro atoms. The minimum Gasteiger partial charge on any atom is -0.135 e. The van der Waals surface area contributed by atoms with Crippen LogP contribution < -0.4 is 0 Å². The van der Waals surface area contributed by atoms with Gasteiger partial charge in [-0.2, -0.15) is 0 Å². The summed E-state index contributed by atoms with van der Waals surface area (Å²) >= 11 is 10.1. The lowest BCUT2D eigenvalue weighted by Crippen LogP contribution is -1.83. The van der Waals surface area contributed by atoms with Crippen molar-refractivity contribution >= 4 is 85.4 Å². The average Bonchev–Trinajstić information content (AvgIpc) is 3.36. The molecule has 0 unspecified atom stereocenters. The Bertz CT molecular complexity index is 1800. The van der Waals surface area contributed by atoms with Gasteiger partial charge < -0.3 is 0 Å². The third-order valence-corrected chi connectivity index (χ3v) is 8.63. The monoisotopic (exact) mass is 450 g/mol. The summed E-state index contributed by atoms with van der Waals surface area (Å²) in [4.78, 5) is 0. The van der Waals surface area contributed by atoms with E-state index in [0.717, 1.165) is 5.02 Å². The van der Waals surface area contributed by atoms with Crippen LogP contribution in [-0.4, -0.2) is 0 Å². The number of fused-ring (bicyclic) bond motifs is 8. The zero-order valence-electron chi connectivity index (χ0n) is 16.4. The molecule has 0 fully saturated rings. The van der Waals surface area contributed by atoms with Gasteiger partial charge in [-0.25, -0.2) is 0 Å². The molecule has 7 aromatic rings. The van der Waals surface area contributed by atoms with Gasteiger partial charge in [-0.15, -0.1) is 22.7 Å². The molecule has 0 amide bonds. The maximum Gasteiger partial charge on any atom is 0.0413 e. The predicted molar refractivity (Wildman–Crippen MR) is 140 cm³/mol. The van der Waals surface area contributed by atoms with Crippen LogP contribution in [0.3, 0.4) is 0 Å². The first-order valence-corrected chi connectivity index (χ1v) is 12.2. The number of hydrogen-bond donors (Lipinski definition) is 0. The van der Waals surface area contributed by atoms with Crippen molar-refractivity contribution in [3.63, 3.8) is 0 Å². The molecule has 0 aliphatic carbocycles. The molecule has 0 atom stereocenters. The van der Waals surface area contributed by atoms with Crippen molar-refractivity contribution in [2.45, 2.75) is 0 Å². The van der Waals surface area contributed by atoms with Crippen LogP contribution in [0.2, 0.25) is 5.02 Å². The van der Waals surface area contributed by atoms with Crippen molar-refractivity contribution in [1.82, 2.24) is 0 Å². The van der Waals surface area contributed by atoms with E-state index in [1.807, 2.05) is 28.7 Å². The molecule has 0 bridgehead atoms. The van der Waals surface area contributed by atoms with Crippen molar-refractivity contribution in [3.8, 4) is 11.1 Å². The molecule has 0 aliphatic heterocycles. The number of benzene rings is 5.